The number of nitrogens with one attached hydrogen (secondary N) is 1. The summed E-state index contributed by atoms with van der Waals surface area (Å²) in [4.78, 5) is 28.9. The van der Waals surface area contributed by atoms with E-state index in [1.54, 1.807) is 12.0 Å². The van der Waals surface area contributed by atoms with Crippen molar-refractivity contribution in [1.29, 1.82) is 0 Å². The number of hydrogen-bond donors (Lipinski definition) is 1. The van der Waals surface area contributed by atoms with E-state index in [1.165, 1.54) is 0 Å². The van der Waals surface area contributed by atoms with Crippen LogP contribution in [-0.4, -0.2) is 36.4 Å². The van der Waals surface area contributed by atoms with Crippen LogP contribution in [-0.2, 0) is 29.0 Å². The molecule has 35 heavy (non-hydrogen) atoms. The lowest BCUT2D eigenvalue weighted by molar-refractivity contribution is -0.140. The summed E-state index contributed by atoms with van der Waals surface area (Å²) in [5.74, 6) is 0.520. The van der Waals surface area contributed by atoms with E-state index in [4.69, 9.17) is 4.74 Å². The number of nitrogens with zero attached hydrogens (tertiary/aromatic N) is 1. The van der Waals surface area contributed by atoms with Crippen molar-refractivity contribution in [3.8, 4) is 5.75 Å². The van der Waals surface area contributed by atoms with Crippen LogP contribution in [0.5, 0.6) is 5.75 Å². The summed E-state index contributed by atoms with van der Waals surface area (Å²) >= 11 is 3.52. The van der Waals surface area contributed by atoms with Gasteiger partial charge in [-0.2, -0.15) is 0 Å². The van der Waals surface area contributed by atoms with E-state index in [2.05, 4.69) is 28.2 Å². The minimum atomic E-state index is -0.626. The third kappa shape index (κ3) is 8.25. The fourth-order valence-corrected chi connectivity index (χ4v) is 4.36. The summed E-state index contributed by atoms with van der Waals surface area (Å²) < 4.78 is 6.18. The van der Waals surface area contributed by atoms with E-state index in [0.717, 1.165) is 39.8 Å². The van der Waals surface area contributed by atoms with Crippen LogP contribution >= 0.6 is 15.9 Å². The first-order valence-electron chi connectivity index (χ1n) is 12.0. The standard InChI is InChI=1S/C29H33BrN2O3/c1-3-4-17-31-29(34)27(19-22-9-6-5-7-10-22)32(21-24-11-8-12-25(30)18-24)28(33)20-23-13-15-26(35-2)16-14-23/h5-16,18,27H,3-4,17,19-21H2,1-2H3,(H,31,34)/t27-/m0/s1. The second kappa shape index (κ2) is 13.7. The molecule has 0 fully saturated rings. The lowest BCUT2D eigenvalue weighted by Crippen LogP contribution is -2.51. The van der Waals surface area contributed by atoms with Gasteiger partial charge in [0.15, 0.2) is 0 Å². The summed E-state index contributed by atoms with van der Waals surface area (Å²) in [5, 5.41) is 3.06. The molecule has 0 aromatic heterocycles. The van der Waals surface area contributed by atoms with Crippen molar-refractivity contribution in [1.82, 2.24) is 10.2 Å². The van der Waals surface area contributed by atoms with Crippen LogP contribution in [0.15, 0.2) is 83.3 Å². The summed E-state index contributed by atoms with van der Waals surface area (Å²) in [7, 11) is 1.62. The van der Waals surface area contributed by atoms with E-state index in [1.807, 2.05) is 78.9 Å². The Labute approximate surface area is 216 Å². The van der Waals surface area contributed by atoms with Crippen molar-refractivity contribution >= 4 is 27.7 Å². The van der Waals surface area contributed by atoms with Crippen molar-refractivity contribution in [2.45, 2.75) is 45.2 Å². The molecule has 0 unspecified atom stereocenters. The van der Waals surface area contributed by atoms with Gasteiger partial charge in [0.05, 0.1) is 13.5 Å². The molecule has 0 spiro atoms. The maximum Gasteiger partial charge on any atom is 0.243 e. The molecule has 0 saturated heterocycles. The molecule has 0 aliphatic rings. The molecule has 184 valence electrons. The minimum Gasteiger partial charge on any atom is -0.497 e. The number of rotatable bonds is 12. The molecular formula is C29H33BrN2O3. The van der Waals surface area contributed by atoms with Crippen molar-refractivity contribution < 1.29 is 14.3 Å². The molecule has 0 bridgehead atoms. The Bertz CT molecular complexity index is 1090. The Morgan fingerprint density at radius 2 is 1.66 bits per heavy atom. The van der Waals surface area contributed by atoms with E-state index < -0.39 is 6.04 Å². The van der Waals surface area contributed by atoms with Crippen LogP contribution in [0.2, 0.25) is 0 Å². The number of methoxy groups -OCH3 is 1. The number of amides is 2. The topological polar surface area (TPSA) is 58.6 Å². The highest BCUT2D eigenvalue weighted by Gasteiger charge is 2.30. The average Bonchev–Trinajstić information content (AvgIpc) is 2.87. The van der Waals surface area contributed by atoms with Gasteiger partial charge in [-0.15, -0.1) is 0 Å². The highest BCUT2D eigenvalue weighted by molar-refractivity contribution is 9.10. The molecule has 0 saturated carbocycles. The maximum atomic E-state index is 13.7. The van der Waals surface area contributed by atoms with Crippen LogP contribution in [0.1, 0.15) is 36.5 Å². The molecule has 3 aromatic rings. The van der Waals surface area contributed by atoms with Gasteiger partial charge in [0.2, 0.25) is 11.8 Å². The third-order valence-electron chi connectivity index (χ3n) is 5.86. The van der Waals surface area contributed by atoms with Crippen molar-refractivity contribution in [2.75, 3.05) is 13.7 Å². The number of unbranched alkanes of at least 4 members (excludes halogenated alkanes) is 1. The summed E-state index contributed by atoms with van der Waals surface area (Å²) in [6, 6.07) is 24.6. The van der Waals surface area contributed by atoms with Crippen LogP contribution in [0.25, 0.3) is 0 Å². The van der Waals surface area contributed by atoms with Crippen LogP contribution in [0.3, 0.4) is 0 Å². The SMILES string of the molecule is CCCCNC(=O)[C@H](Cc1ccccc1)N(Cc1cccc(Br)c1)C(=O)Cc1ccc(OC)cc1. The number of carbonyl (C=O) groups excluding carboxylic acids is 2. The molecule has 3 aromatic carbocycles. The molecule has 0 radical (unpaired) electrons. The highest BCUT2D eigenvalue weighted by Crippen LogP contribution is 2.20. The molecule has 0 aliphatic heterocycles. The largest absolute Gasteiger partial charge is 0.497 e. The Morgan fingerprint density at radius 1 is 0.943 bits per heavy atom. The quantitative estimate of drug-likeness (QED) is 0.308. The fraction of sp³-hybridized carbons (Fsp3) is 0.310. The number of ether oxygens (including phenoxy) is 1. The first-order valence-corrected chi connectivity index (χ1v) is 12.8. The van der Waals surface area contributed by atoms with Crippen molar-refractivity contribution in [2.24, 2.45) is 0 Å². The third-order valence-corrected chi connectivity index (χ3v) is 6.35. The van der Waals surface area contributed by atoms with E-state index >= 15 is 0 Å². The Balaban J connectivity index is 1.92. The first kappa shape index (κ1) is 26.5. The van der Waals surface area contributed by atoms with Gasteiger partial charge in [0, 0.05) is 24.0 Å². The Kier molecular flexibility index (Phi) is 10.4. The summed E-state index contributed by atoms with van der Waals surface area (Å²) in [6.45, 7) is 3.02. The summed E-state index contributed by atoms with van der Waals surface area (Å²) in [6.07, 6.45) is 2.53. The van der Waals surface area contributed by atoms with Crippen molar-refractivity contribution in [3.63, 3.8) is 0 Å². The predicted octanol–water partition coefficient (Wildman–Crippen LogP) is 5.56. The number of benzene rings is 3. The zero-order valence-electron chi connectivity index (χ0n) is 20.4. The highest BCUT2D eigenvalue weighted by atomic mass is 79.9. The van der Waals surface area contributed by atoms with Crippen LogP contribution in [0.4, 0.5) is 0 Å². The predicted molar refractivity (Wildman–Crippen MR) is 143 cm³/mol. The van der Waals surface area contributed by atoms with Gasteiger partial charge in [0.1, 0.15) is 11.8 Å². The van der Waals surface area contributed by atoms with E-state index in [0.29, 0.717) is 19.5 Å². The maximum absolute atomic E-state index is 13.7. The summed E-state index contributed by atoms with van der Waals surface area (Å²) in [5.41, 5.74) is 2.85. The average molecular weight is 537 g/mol. The van der Waals surface area contributed by atoms with Crippen LogP contribution < -0.4 is 10.1 Å². The molecule has 6 heteroatoms. The molecule has 1 atom stereocenters. The van der Waals surface area contributed by atoms with Gasteiger partial charge in [-0.3, -0.25) is 9.59 Å². The number of carbonyl (C=O) groups is 2. The van der Waals surface area contributed by atoms with E-state index in [-0.39, 0.29) is 18.2 Å². The van der Waals surface area contributed by atoms with Crippen LogP contribution in [0, 0.1) is 0 Å². The number of hydrogen-bond acceptors (Lipinski definition) is 3. The zero-order chi connectivity index (χ0) is 25.0. The monoisotopic (exact) mass is 536 g/mol. The fourth-order valence-electron chi connectivity index (χ4n) is 3.91. The van der Waals surface area contributed by atoms with Gasteiger partial charge in [0.25, 0.3) is 0 Å². The molecule has 0 aliphatic carbocycles. The second-order valence-electron chi connectivity index (χ2n) is 8.53. The molecule has 1 N–H and O–H groups in total. The van der Waals surface area contributed by atoms with Gasteiger partial charge in [-0.1, -0.05) is 83.9 Å². The van der Waals surface area contributed by atoms with Gasteiger partial charge < -0.3 is 15.0 Å². The smallest absolute Gasteiger partial charge is 0.243 e. The lowest BCUT2D eigenvalue weighted by Gasteiger charge is -2.32. The zero-order valence-corrected chi connectivity index (χ0v) is 22.0. The normalized spacial score (nSPS) is 11.5. The van der Waals surface area contributed by atoms with E-state index in [9.17, 15) is 9.59 Å². The molecular weight excluding hydrogens is 504 g/mol. The minimum absolute atomic E-state index is 0.0956. The first-order chi connectivity index (χ1) is 17.0. The number of halogens is 1. The second-order valence-corrected chi connectivity index (χ2v) is 9.44. The molecule has 5 nitrogen and oxygen atoms in total. The molecule has 2 amide bonds. The Hall–Kier alpha value is -3.12. The van der Waals surface area contributed by atoms with Crippen molar-refractivity contribution in [3.05, 3.63) is 100 Å². The molecule has 3 rings (SSSR count). The van der Waals surface area contributed by atoms with Gasteiger partial charge >= 0.3 is 0 Å². The van der Waals surface area contributed by atoms with Gasteiger partial charge in [-0.25, -0.2) is 0 Å². The lowest BCUT2D eigenvalue weighted by atomic mass is 10.0. The van der Waals surface area contributed by atoms with Gasteiger partial charge in [-0.05, 0) is 47.4 Å². The molecule has 0 heterocycles. The Morgan fingerprint density at radius 3 is 2.31 bits per heavy atom.